The molecule has 4 heterocycles. The summed E-state index contributed by atoms with van der Waals surface area (Å²) in [6, 6.07) is 3.71. The topological polar surface area (TPSA) is 40.4 Å². The van der Waals surface area contributed by atoms with Crippen LogP contribution in [-0.2, 0) is 7.05 Å². The third-order valence-electron chi connectivity index (χ3n) is 7.16. The number of anilines is 1. The average Bonchev–Trinajstić information content (AvgIpc) is 2.97. The van der Waals surface area contributed by atoms with Crippen molar-refractivity contribution in [3.05, 3.63) is 18.1 Å². The molecule has 27 heavy (non-hydrogen) atoms. The summed E-state index contributed by atoms with van der Waals surface area (Å²) in [6.45, 7) is 9.32. The summed E-state index contributed by atoms with van der Waals surface area (Å²) in [6.07, 6.45) is 8.90. The van der Waals surface area contributed by atoms with Gasteiger partial charge in [-0.05, 0) is 25.8 Å². The highest BCUT2D eigenvalue weighted by Crippen LogP contribution is 2.30. The maximum Gasteiger partial charge on any atom is 0.156 e. The Bertz CT molecular complexity index is 794. The van der Waals surface area contributed by atoms with Crippen LogP contribution in [0.5, 0.6) is 0 Å². The molecule has 0 spiro atoms. The van der Waals surface area contributed by atoms with E-state index in [1.54, 1.807) is 6.33 Å². The molecule has 6 nitrogen and oxygen atoms in total. The lowest BCUT2D eigenvalue weighted by atomic mass is 9.93. The Balaban J connectivity index is 1.20. The smallest absolute Gasteiger partial charge is 0.156 e. The maximum atomic E-state index is 4.62. The molecule has 146 valence electrons. The zero-order chi connectivity index (χ0) is 18.4. The van der Waals surface area contributed by atoms with Crippen LogP contribution < -0.4 is 4.90 Å². The van der Waals surface area contributed by atoms with E-state index < -0.39 is 0 Å². The number of piperazine rings is 1. The lowest BCUT2D eigenvalue weighted by Gasteiger charge is -2.49. The number of hydrogen-bond donors (Lipinski definition) is 0. The quantitative estimate of drug-likeness (QED) is 0.832. The van der Waals surface area contributed by atoms with Crippen LogP contribution in [0.4, 0.5) is 5.82 Å². The molecular formula is C21H32N6. The highest BCUT2D eigenvalue weighted by atomic mass is 15.4. The number of aromatic nitrogens is 3. The number of nitrogens with zero attached hydrogens (tertiary/aromatic N) is 6. The van der Waals surface area contributed by atoms with Gasteiger partial charge < -0.3 is 9.47 Å². The Hall–Kier alpha value is -1.66. The summed E-state index contributed by atoms with van der Waals surface area (Å²) in [5.74, 6) is 1.10. The van der Waals surface area contributed by atoms with Crippen molar-refractivity contribution in [2.75, 3.05) is 44.2 Å². The Labute approximate surface area is 162 Å². The first-order chi connectivity index (χ1) is 13.2. The third-order valence-corrected chi connectivity index (χ3v) is 7.16. The van der Waals surface area contributed by atoms with Gasteiger partial charge in [0, 0.05) is 64.1 Å². The predicted molar refractivity (Wildman–Crippen MR) is 109 cm³/mol. The normalized spacial score (nSPS) is 23.9. The molecule has 2 saturated heterocycles. The summed E-state index contributed by atoms with van der Waals surface area (Å²) < 4.78 is 2.22. The molecule has 3 aliphatic rings. The van der Waals surface area contributed by atoms with Gasteiger partial charge in [0.25, 0.3) is 0 Å². The first kappa shape index (κ1) is 17.4. The largest absolute Gasteiger partial charge is 0.351 e. The van der Waals surface area contributed by atoms with Gasteiger partial charge in [0.05, 0.1) is 5.52 Å². The van der Waals surface area contributed by atoms with Gasteiger partial charge in [-0.1, -0.05) is 19.3 Å². The lowest BCUT2D eigenvalue weighted by molar-refractivity contribution is 0.0487. The predicted octanol–water partition coefficient (Wildman–Crippen LogP) is 2.42. The molecule has 3 fully saturated rings. The van der Waals surface area contributed by atoms with Crippen molar-refractivity contribution in [3.63, 3.8) is 0 Å². The molecule has 6 heteroatoms. The second-order valence-corrected chi connectivity index (χ2v) is 8.70. The fourth-order valence-corrected chi connectivity index (χ4v) is 5.29. The van der Waals surface area contributed by atoms with E-state index in [9.17, 15) is 0 Å². The minimum atomic E-state index is 0.685. The first-order valence-corrected chi connectivity index (χ1v) is 10.7. The van der Waals surface area contributed by atoms with Crippen LogP contribution in [0.15, 0.2) is 12.4 Å². The van der Waals surface area contributed by atoms with Gasteiger partial charge in [-0.3, -0.25) is 9.80 Å². The highest BCUT2D eigenvalue weighted by Gasteiger charge is 2.36. The fraction of sp³-hybridized carbons (Fsp3) is 0.714. The molecule has 0 atom stereocenters. The third kappa shape index (κ3) is 3.13. The van der Waals surface area contributed by atoms with Crippen molar-refractivity contribution in [2.24, 2.45) is 7.05 Å². The summed E-state index contributed by atoms with van der Waals surface area (Å²) in [4.78, 5) is 17.0. The Morgan fingerprint density at radius 2 is 1.56 bits per heavy atom. The summed E-state index contributed by atoms with van der Waals surface area (Å²) in [5, 5.41) is 0. The van der Waals surface area contributed by atoms with Crippen LogP contribution in [0.25, 0.3) is 11.0 Å². The van der Waals surface area contributed by atoms with E-state index in [0.717, 1.165) is 30.5 Å². The van der Waals surface area contributed by atoms with E-state index in [0.29, 0.717) is 6.04 Å². The molecule has 1 aliphatic carbocycles. The van der Waals surface area contributed by atoms with Gasteiger partial charge in [-0.2, -0.15) is 0 Å². The molecule has 1 saturated carbocycles. The molecule has 0 N–H and O–H groups in total. The molecule has 0 unspecified atom stereocenters. The van der Waals surface area contributed by atoms with Crippen molar-refractivity contribution in [3.8, 4) is 0 Å². The number of rotatable bonds is 3. The van der Waals surface area contributed by atoms with Crippen molar-refractivity contribution in [1.82, 2.24) is 24.3 Å². The van der Waals surface area contributed by atoms with Crippen LogP contribution in [-0.4, -0.2) is 75.7 Å². The van der Waals surface area contributed by atoms with Crippen molar-refractivity contribution < 1.29 is 0 Å². The van der Waals surface area contributed by atoms with Gasteiger partial charge in [-0.15, -0.1) is 0 Å². The Morgan fingerprint density at radius 3 is 2.26 bits per heavy atom. The molecule has 2 aliphatic heterocycles. The zero-order valence-electron chi connectivity index (χ0n) is 16.8. The van der Waals surface area contributed by atoms with Crippen molar-refractivity contribution >= 4 is 16.9 Å². The van der Waals surface area contributed by atoms with Crippen LogP contribution in [0.1, 0.15) is 37.8 Å². The first-order valence-electron chi connectivity index (χ1n) is 10.7. The van der Waals surface area contributed by atoms with E-state index in [1.807, 2.05) is 0 Å². The van der Waals surface area contributed by atoms with Crippen LogP contribution in [0.2, 0.25) is 0 Å². The van der Waals surface area contributed by atoms with Gasteiger partial charge in [0.1, 0.15) is 11.8 Å². The van der Waals surface area contributed by atoms with E-state index >= 15 is 0 Å². The highest BCUT2D eigenvalue weighted by molar-refractivity contribution is 5.88. The summed E-state index contributed by atoms with van der Waals surface area (Å²) in [5.41, 5.74) is 3.47. The summed E-state index contributed by atoms with van der Waals surface area (Å²) >= 11 is 0. The maximum absolute atomic E-state index is 4.62. The van der Waals surface area contributed by atoms with E-state index in [1.165, 1.54) is 69.5 Å². The van der Waals surface area contributed by atoms with Crippen molar-refractivity contribution in [2.45, 2.75) is 51.1 Å². The van der Waals surface area contributed by atoms with E-state index in [-0.39, 0.29) is 0 Å². The van der Waals surface area contributed by atoms with Crippen LogP contribution >= 0.6 is 0 Å². The SMILES string of the molecule is Cc1cc2ncnc(N3CC(N4CCN(C5CCCCC5)CC4)C3)c2n1C. The van der Waals surface area contributed by atoms with E-state index in [4.69, 9.17) is 0 Å². The molecule has 2 aromatic heterocycles. The van der Waals surface area contributed by atoms with Crippen molar-refractivity contribution in [1.29, 1.82) is 0 Å². The second-order valence-electron chi connectivity index (χ2n) is 8.70. The standard InChI is InChI=1S/C21H32N6/c1-16-12-19-20(24(16)2)21(23-15-22-19)27-13-18(14-27)26-10-8-25(9-11-26)17-6-4-3-5-7-17/h12,15,17-18H,3-11,13-14H2,1-2H3. The average molecular weight is 369 g/mol. The summed E-state index contributed by atoms with van der Waals surface area (Å²) in [7, 11) is 2.12. The molecule has 0 bridgehead atoms. The van der Waals surface area contributed by atoms with Gasteiger partial charge in [0.2, 0.25) is 0 Å². The van der Waals surface area contributed by atoms with Crippen LogP contribution in [0.3, 0.4) is 0 Å². The number of fused-ring (bicyclic) bond motifs is 1. The van der Waals surface area contributed by atoms with Gasteiger partial charge in [-0.25, -0.2) is 9.97 Å². The number of hydrogen-bond acceptors (Lipinski definition) is 5. The second kappa shape index (κ2) is 7.06. The zero-order valence-corrected chi connectivity index (χ0v) is 16.8. The monoisotopic (exact) mass is 368 g/mol. The minimum absolute atomic E-state index is 0.685. The molecule has 5 rings (SSSR count). The minimum Gasteiger partial charge on any atom is -0.351 e. The molecule has 2 aromatic rings. The fourth-order valence-electron chi connectivity index (χ4n) is 5.29. The number of aryl methyl sites for hydroxylation is 2. The molecule has 0 radical (unpaired) electrons. The Morgan fingerprint density at radius 1 is 0.889 bits per heavy atom. The molecule has 0 aromatic carbocycles. The molecule has 0 amide bonds. The van der Waals surface area contributed by atoms with Gasteiger partial charge >= 0.3 is 0 Å². The molecular weight excluding hydrogens is 336 g/mol. The van der Waals surface area contributed by atoms with Gasteiger partial charge in [0.15, 0.2) is 5.82 Å². The van der Waals surface area contributed by atoms with E-state index in [2.05, 4.69) is 49.3 Å². The lowest BCUT2D eigenvalue weighted by Crippen LogP contribution is -2.64. The van der Waals surface area contributed by atoms with Crippen LogP contribution in [0, 0.1) is 6.92 Å². The Kier molecular flexibility index (Phi) is 4.56.